The summed E-state index contributed by atoms with van der Waals surface area (Å²) in [6.45, 7) is 10.0. The number of carbonyl (C=O) groups excluding carboxylic acids is 1. The van der Waals surface area contributed by atoms with Gasteiger partial charge in [-0.05, 0) is 56.0 Å². The zero-order valence-corrected chi connectivity index (χ0v) is 18.1. The maximum atomic E-state index is 12.2. The van der Waals surface area contributed by atoms with Crippen LogP contribution in [0.1, 0.15) is 47.8 Å². The molecule has 0 bridgehead atoms. The molecule has 1 N–H and O–H groups in total. The molecule has 1 aromatic heterocycles. The molecule has 6 heteroatoms. The minimum atomic E-state index is -0.312. The first-order valence-corrected chi connectivity index (χ1v) is 10.0. The number of aromatic nitrogens is 2. The van der Waals surface area contributed by atoms with Gasteiger partial charge in [0.1, 0.15) is 5.75 Å². The summed E-state index contributed by atoms with van der Waals surface area (Å²) >= 11 is 0. The summed E-state index contributed by atoms with van der Waals surface area (Å²) in [4.78, 5) is 12.2. The molecule has 0 aliphatic rings. The Morgan fingerprint density at radius 1 is 1.17 bits per heavy atom. The molecule has 0 spiro atoms. The predicted octanol–water partition coefficient (Wildman–Crippen LogP) is 4.45. The Labute approximate surface area is 177 Å². The van der Waals surface area contributed by atoms with E-state index in [-0.39, 0.29) is 12.5 Å². The van der Waals surface area contributed by atoms with Crippen LogP contribution in [0.4, 0.5) is 0 Å². The molecule has 0 unspecified atom stereocenters. The van der Waals surface area contributed by atoms with Gasteiger partial charge in [-0.1, -0.05) is 44.2 Å². The molecular formula is C24H28N4O2. The molecule has 0 aliphatic carbocycles. The van der Waals surface area contributed by atoms with Gasteiger partial charge in [-0.25, -0.2) is 10.1 Å². The second kappa shape index (κ2) is 9.39. The van der Waals surface area contributed by atoms with Gasteiger partial charge in [0, 0.05) is 5.56 Å². The standard InChI is InChI=1S/C24H28N4O2/c1-16(2)21-12-11-17(3)13-23(21)30-15-24(29)26-25-14-22-18(4)27-28(19(22)5)20-9-7-6-8-10-20/h6-14,16H,15H2,1-5H3,(H,26,29)/b25-14-. The van der Waals surface area contributed by atoms with Crippen molar-refractivity contribution in [3.8, 4) is 11.4 Å². The van der Waals surface area contributed by atoms with E-state index >= 15 is 0 Å². The molecule has 0 aliphatic heterocycles. The molecule has 0 radical (unpaired) electrons. The van der Waals surface area contributed by atoms with Crippen molar-refractivity contribution >= 4 is 12.1 Å². The Hall–Kier alpha value is -3.41. The average molecular weight is 405 g/mol. The second-order valence-corrected chi connectivity index (χ2v) is 7.61. The van der Waals surface area contributed by atoms with Crippen LogP contribution in [0, 0.1) is 20.8 Å². The first-order valence-electron chi connectivity index (χ1n) is 10.0. The van der Waals surface area contributed by atoms with Crippen molar-refractivity contribution in [3.63, 3.8) is 0 Å². The lowest BCUT2D eigenvalue weighted by molar-refractivity contribution is -0.123. The molecule has 0 saturated heterocycles. The van der Waals surface area contributed by atoms with Crippen molar-refractivity contribution in [1.29, 1.82) is 0 Å². The highest BCUT2D eigenvalue weighted by molar-refractivity contribution is 5.85. The molecule has 3 aromatic rings. The quantitative estimate of drug-likeness (QED) is 0.467. The van der Waals surface area contributed by atoms with Crippen molar-refractivity contribution in [3.05, 3.63) is 76.6 Å². The molecule has 0 saturated carbocycles. The fraction of sp³-hybridized carbons (Fsp3) is 0.292. The van der Waals surface area contributed by atoms with Gasteiger partial charge >= 0.3 is 0 Å². The number of carbonyl (C=O) groups is 1. The van der Waals surface area contributed by atoms with E-state index in [1.807, 2.05) is 74.0 Å². The number of hydrazone groups is 1. The van der Waals surface area contributed by atoms with Gasteiger partial charge in [0.15, 0.2) is 6.61 Å². The van der Waals surface area contributed by atoms with Crippen LogP contribution in [0.5, 0.6) is 5.75 Å². The largest absolute Gasteiger partial charge is 0.483 e. The first-order chi connectivity index (χ1) is 14.4. The van der Waals surface area contributed by atoms with Gasteiger partial charge in [0.2, 0.25) is 0 Å². The second-order valence-electron chi connectivity index (χ2n) is 7.61. The van der Waals surface area contributed by atoms with Crippen LogP contribution >= 0.6 is 0 Å². The van der Waals surface area contributed by atoms with Gasteiger partial charge in [0.25, 0.3) is 5.91 Å². The monoisotopic (exact) mass is 404 g/mol. The highest BCUT2D eigenvalue weighted by Gasteiger charge is 2.12. The van der Waals surface area contributed by atoms with Gasteiger partial charge < -0.3 is 4.74 Å². The Kier molecular flexibility index (Phi) is 6.67. The average Bonchev–Trinajstić information content (AvgIpc) is 3.01. The Morgan fingerprint density at radius 3 is 2.60 bits per heavy atom. The lowest BCUT2D eigenvalue weighted by Gasteiger charge is -2.14. The highest BCUT2D eigenvalue weighted by Crippen LogP contribution is 2.27. The van der Waals surface area contributed by atoms with Crippen molar-refractivity contribution in [2.45, 2.75) is 40.5 Å². The van der Waals surface area contributed by atoms with Crippen LogP contribution < -0.4 is 10.2 Å². The molecule has 30 heavy (non-hydrogen) atoms. The minimum absolute atomic E-state index is 0.0955. The third kappa shape index (κ3) is 4.95. The Bertz CT molecular complexity index is 1050. The molecule has 156 valence electrons. The van der Waals surface area contributed by atoms with Gasteiger partial charge in [-0.15, -0.1) is 0 Å². The SMILES string of the molecule is Cc1ccc(C(C)C)c(OCC(=O)N/N=C\c2c(C)nn(-c3ccccc3)c2C)c1. The number of hydrogen-bond donors (Lipinski definition) is 1. The van der Waals surface area contributed by atoms with E-state index in [1.165, 1.54) is 0 Å². The number of para-hydroxylation sites is 1. The number of nitrogens with one attached hydrogen (secondary N) is 1. The van der Waals surface area contributed by atoms with Crippen LogP contribution in [-0.4, -0.2) is 28.5 Å². The topological polar surface area (TPSA) is 68.5 Å². The molecule has 1 amide bonds. The third-order valence-corrected chi connectivity index (χ3v) is 4.88. The number of aryl methyl sites for hydroxylation is 2. The van der Waals surface area contributed by atoms with Crippen LogP contribution in [-0.2, 0) is 4.79 Å². The number of amides is 1. The van der Waals surface area contributed by atoms with Crippen molar-refractivity contribution in [2.24, 2.45) is 5.10 Å². The van der Waals surface area contributed by atoms with Crippen LogP contribution in [0.15, 0.2) is 53.6 Å². The molecule has 3 rings (SSSR count). The van der Waals surface area contributed by atoms with E-state index in [0.717, 1.165) is 39.5 Å². The highest BCUT2D eigenvalue weighted by atomic mass is 16.5. The van der Waals surface area contributed by atoms with Crippen molar-refractivity contribution < 1.29 is 9.53 Å². The van der Waals surface area contributed by atoms with E-state index in [9.17, 15) is 4.79 Å². The number of ether oxygens (including phenoxy) is 1. The summed E-state index contributed by atoms with van der Waals surface area (Å²) in [6.07, 6.45) is 1.63. The fourth-order valence-electron chi connectivity index (χ4n) is 3.25. The molecule has 6 nitrogen and oxygen atoms in total. The van der Waals surface area contributed by atoms with Crippen LogP contribution in [0.2, 0.25) is 0 Å². The molecular weight excluding hydrogens is 376 g/mol. The number of rotatable bonds is 7. The van der Waals surface area contributed by atoms with Gasteiger partial charge in [-0.2, -0.15) is 10.2 Å². The van der Waals surface area contributed by atoms with E-state index in [0.29, 0.717) is 5.92 Å². The lowest BCUT2D eigenvalue weighted by atomic mass is 10.0. The summed E-state index contributed by atoms with van der Waals surface area (Å²) < 4.78 is 7.62. The van der Waals surface area contributed by atoms with E-state index in [1.54, 1.807) is 6.21 Å². The summed E-state index contributed by atoms with van der Waals surface area (Å²) in [5.41, 5.74) is 8.36. The zero-order chi connectivity index (χ0) is 21.7. The number of benzene rings is 2. The molecule has 1 heterocycles. The third-order valence-electron chi connectivity index (χ3n) is 4.88. The number of nitrogens with zero attached hydrogens (tertiary/aromatic N) is 3. The summed E-state index contributed by atoms with van der Waals surface area (Å²) in [5, 5.41) is 8.68. The number of hydrogen-bond acceptors (Lipinski definition) is 4. The van der Waals surface area contributed by atoms with E-state index in [2.05, 4.69) is 29.5 Å². The Morgan fingerprint density at radius 2 is 1.90 bits per heavy atom. The molecule has 2 aromatic carbocycles. The van der Waals surface area contributed by atoms with Gasteiger partial charge in [-0.3, -0.25) is 4.79 Å². The minimum Gasteiger partial charge on any atom is -0.483 e. The maximum Gasteiger partial charge on any atom is 0.277 e. The van der Waals surface area contributed by atoms with E-state index in [4.69, 9.17) is 4.74 Å². The predicted molar refractivity (Wildman–Crippen MR) is 120 cm³/mol. The molecule has 0 fully saturated rings. The normalized spacial score (nSPS) is 11.3. The van der Waals surface area contributed by atoms with Crippen molar-refractivity contribution in [1.82, 2.24) is 15.2 Å². The zero-order valence-electron chi connectivity index (χ0n) is 18.1. The van der Waals surface area contributed by atoms with Crippen LogP contribution in [0.25, 0.3) is 5.69 Å². The fourth-order valence-corrected chi connectivity index (χ4v) is 3.25. The summed E-state index contributed by atoms with van der Waals surface area (Å²) in [6, 6.07) is 15.9. The van der Waals surface area contributed by atoms with E-state index < -0.39 is 0 Å². The first kappa shape index (κ1) is 21.3. The lowest BCUT2D eigenvalue weighted by Crippen LogP contribution is -2.25. The smallest absolute Gasteiger partial charge is 0.277 e. The summed E-state index contributed by atoms with van der Waals surface area (Å²) in [5.74, 6) is 0.738. The maximum absolute atomic E-state index is 12.2. The van der Waals surface area contributed by atoms with Crippen LogP contribution in [0.3, 0.4) is 0 Å². The summed E-state index contributed by atoms with van der Waals surface area (Å²) in [7, 11) is 0. The van der Waals surface area contributed by atoms with Crippen molar-refractivity contribution in [2.75, 3.05) is 6.61 Å². The van der Waals surface area contributed by atoms with Gasteiger partial charge in [0.05, 0.1) is 23.3 Å². The molecule has 0 atom stereocenters. The Balaban J connectivity index is 1.63.